The summed E-state index contributed by atoms with van der Waals surface area (Å²) in [7, 11) is 0. The van der Waals surface area contributed by atoms with Gasteiger partial charge in [-0.25, -0.2) is 0 Å². The Bertz CT molecular complexity index is 1670. The van der Waals surface area contributed by atoms with E-state index in [0.717, 1.165) is 57.8 Å². The van der Waals surface area contributed by atoms with Crippen LogP contribution in [0.1, 0.15) is 264 Å². The smallest absolute Gasteiger partial charge is 0.220 e. The summed E-state index contributed by atoms with van der Waals surface area (Å²) >= 11 is 0. The zero-order chi connectivity index (χ0) is 60.2. The number of allylic oxidation sites excluding steroid dienone is 11. The van der Waals surface area contributed by atoms with E-state index in [0.29, 0.717) is 12.8 Å². The summed E-state index contributed by atoms with van der Waals surface area (Å²) in [6.07, 6.45) is 55.5. The van der Waals surface area contributed by atoms with Crippen molar-refractivity contribution in [2.24, 2.45) is 0 Å². The van der Waals surface area contributed by atoms with Crippen LogP contribution >= 0.6 is 0 Å². The highest BCUT2D eigenvalue weighted by molar-refractivity contribution is 5.76. The molecule has 0 saturated carbocycles. The molecule has 12 atom stereocenters. The van der Waals surface area contributed by atoms with Gasteiger partial charge in [-0.1, -0.05) is 260 Å². The average Bonchev–Trinajstić information content (AvgIpc) is 3.64. The van der Waals surface area contributed by atoms with Crippen LogP contribution in [0, 0.1) is 0 Å². The molecule has 14 heteroatoms. The topological polar surface area (TPSA) is 228 Å². The Labute approximate surface area is 504 Å². The lowest BCUT2D eigenvalue weighted by Crippen LogP contribution is -2.65. The number of hydrogen-bond donors (Lipinski definition) is 9. The number of aliphatic hydroxyl groups is 8. The molecule has 9 N–H and O–H groups in total. The Morgan fingerprint density at radius 3 is 1.33 bits per heavy atom. The maximum absolute atomic E-state index is 13.3. The second-order valence-electron chi connectivity index (χ2n) is 23.6. The molecule has 0 aromatic heterocycles. The number of rotatable bonds is 54. The van der Waals surface area contributed by atoms with E-state index in [4.69, 9.17) is 18.9 Å². The fourth-order valence-electron chi connectivity index (χ4n) is 10.8. The molecule has 482 valence electrons. The molecular weight excluding hydrogens is 1050 g/mol. The van der Waals surface area contributed by atoms with E-state index in [9.17, 15) is 45.6 Å². The van der Waals surface area contributed by atoms with Gasteiger partial charge < -0.3 is 65.1 Å². The third-order valence-electron chi connectivity index (χ3n) is 16.1. The van der Waals surface area contributed by atoms with Crippen molar-refractivity contribution in [1.29, 1.82) is 0 Å². The molecule has 2 fully saturated rings. The molecule has 0 bridgehead atoms. The summed E-state index contributed by atoms with van der Waals surface area (Å²) in [5, 5.41) is 87.2. The SMILES string of the molecule is CC/C=C\C/C=C\C/C=C\C/C=C\CCCCCCCCCCCCCCCCCCCCCCCCC(=O)NC(COC1OC(CO)C(OC2OC(CO)C(O)C(O)C2O)C(O)C1O)C(O)/C=C/CC/C=C/CCCCCCCCCC. The van der Waals surface area contributed by atoms with Gasteiger partial charge in [0.2, 0.25) is 5.91 Å². The van der Waals surface area contributed by atoms with Crippen LogP contribution < -0.4 is 5.32 Å². The molecule has 12 unspecified atom stereocenters. The number of carbonyl (C=O) groups excluding carboxylic acids is 1. The lowest BCUT2D eigenvalue weighted by Gasteiger charge is -2.46. The van der Waals surface area contributed by atoms with Gasteiger partial charge >= 0.3 is 0 Å². The van der Waals surface area contributed by atoms with Crippen LogP contribution in [-0.2, 0) is 23.7 Å². The first-order valence-electron chi connectivity index (χ1n) is 33.7. The van der Waals surface area contributed by atoms with Gasteiger partial charge in [0.1, 0.15) is 48.8 Å². The first-order chi connectivity index (χ1) is 40.6. The highest BCUT2D eigenvalue weighted by Gasteiger charge is 2.51. The maximum atomic E-state index is 13.3. The number of carbonyl (C=O) groups is 1. The lowest BCUT2D eigenvalue weighted by molar-refractivity contribution is -0.359. The van der Waals surface area contributed by atoms with Crippen LogP contribution in [0.15, 0.2) is 72.9 Å². The Morgan fingerprint density at radius 1 is 0.446 bits per heavy atom. The number of amides is 1. The minimum atomic E-state index is -1.79. The molecule has 2 heterocycles. The summed E-state index contributed by atoms with van der Waals surface area (Å²) in [5.41, 5.74) is 0. The molecule has 2 rings (SSSR count). The van der Waals surface area contributed by atoms with E-state index >= 15 is 0 Å². The number of ether oxygens (including phenoxy) is 4. The van der Waals surface area contributed by atoms with Gasteiger partial charge in [0, 0.05) is 6.42 Å². The molecule has 83 heavy (non-hydrogen) atoms. The monoisotopic (exact) mass is 1170 g/mol. The van der Waals surface area contributed by atoms with Gasteiger partial charge in [-0.15, -0.1) is 0 Å². The number of nitrogens with one attached hydrogen (secondary N) is 1. The maximum Gasteiger partial charge on any atom is 0.220 e. The van der Waals surface area contributed by atoms with Gasteiger partial charge in [-0.3, -0.25) is 4.79 Å². The molecular formula is C69H123NO13. The van der Waals surface area contributed by atoms with Crippen LogP contribution in [0.2, 0.25) is 0 Å². The fourth-order valence-corrected chi connectivity index (χ4v) is 10.8. The van der Waals surface area contributed by atoms with E-state index in [1.807, 2.05) is 6.08 Å². The molecule has 0 aromatic rings. The van der Waals surface area contributed by atoms with Crippen molar-refractivity contribution < 1.29 is 64.6 Å². The molecule has 2 saturated heterocycles. The average molecular weight is 1170 g/mol. The van der Waals surface area contributed by atoms with E-state index in [-0.39, 0.29) is 18.9 Å². The minimum Gasteiger partial charge on any atom is -0.394 e. The first-order valence-corrected chi connectivity index (χ1v) is 33.7. The second-order valence-corrected chi connectivity index (χ2v) is 23.6. The first kappa shape index (κ1) is 76.5. The summed E-state index contributed by atoms with van der Waals surface area (Å²) in [4.78, 5) is 13.3. The van der Waals surface area contributed by atoms with Crippen molar-refractivity contribution in [3.63, 3.8) is 0 Å². The van der Waals surface area contributed by atoms with Crippen molar-refractivity contribution in [2.75, 3.05) is 19.8 Å². The molecule has 1 amide bonds. The summed E-state index contributed by atoms with van der Waals surface area (Å²) < 4.78 is 22.8. The van der Waals surface area contributed by atoms with Gasteiger partial charge in [0.25, 0.3) is 0 Å². The number of hydrogen-bond acceptors (Lipinski definition) is 13. The molecule has 0 aliphatic carbocycles. The van der Waals surface area contributed by atoms with Crippen LogP contribution in [-0.4, -0.2) is 140 Å². The Hall–Kier alpha value is -2.57. The summed E-state index contributed by atoms with van der Waals surface area (Å²) in [6.45, 7) is 2.67. The fraction of sp³-hybridized carbons (Fsp3) is 0.812. The highest BCUT2D eigenvalue weighted by Crippen LogP contribution is 2.30. The van der Waals surface area contributed by atoms with E-state index in [1.54, 1.807) is 6.08 Å². The third kappa shape index (κ3) is 38.4. The largest absolute Gasteiger partial charge is 0.394 e. The molecule has 0 radical (unpaired) electrons. The second kappa shape index (κ2) is 53.7. The molecule has 0 spiro atoms. The summed E-state index contributed by atoms with van der Waals surface area (Å²) in [6, 6.07) is -0.932. The van der Waals surface area contributed by atoms with Crippen LogP contribution in [0.3, 0.4) is 0 Å². The van der Waals surface area contributed by atoms with E-state index in [1.165, 1.54) is 173 Å². The predicted octanol–water partition coefficient (Wildman–Crippen LogP) is 13.1. The highest BCUT2D eigenvalue weighted by atomic mass is 16.7. The van der Waals surface area contributed by atoms with E-state index < -0.39 is 86.8 Å². The van der Waals surface area contributed by atoms with Crippen LogP contribution in [0.5, 0.6) is 0 Å². The standard InChI is InChI=1S/C69H123NO13/c1-3-5-7-9-11-13-15-17-19-20-21-22-23-24-25-26-27-28-29-30-31-32-33-34-35-36-37-38-39-41-43-45-47-49-51-53-61(74)70-57(58(73)52-50-48-46-44-42-40-18-16-14-12-10-8-6-4-2)56-80-68-66(79)64(77)67(60(55-72)82-68)83-69-65(78)63(76)62(75)59(54-71)81-69/h5,7,11,13,17,19,21-22,42,44,50,52,57-60,62-69,71-73,75-79H,3-4,6,8-10,12,14-16,18,20,23-41,43,45-49,51,53-56H2,1-2H3,(H,70,74)/b7-5-,13-11-,19-17-,22-21-,44-42+,52-50+. The van der Waals surface area contributed by atoms with Crippen molar-refractivity contribution >= 4 is 5.91 Å². The van der Waals surface area contributed by atoms with Gasteiger partial charge in [-0.2, -0.15) is 0 Å². The van der Waals surface area contributed by atoms with Crippen molar-refractivity contribution in [3.05, 3.63) is 72.9 Å². The van der Waals surface area contributed by atoms with E-state index in [2.05, 4.69) is 79.9 Å². The Kier molecular flexibility index (Phi) is 49.5. The number of aliphatic hydroxyl groups excluding tert-OH is 8. The van der Waals surface area contributed by atoms with Crippen LogP contribution in [0.4, 0.5) is 0 Å². The third-order valence-corrected chi connectivity index (χ3v) is 16.1. The quantitative estimate of drug-likeness (QED) is 0.0204. The van der Waals surface area contributed by atoms with Gasteiger partial charge in [0.05, 0.1) is 32.0 Å². The normalized spacial score (nSPS) is 24.3. The molecule has 14 nitrogen and oxygen atoms in total. The van der Waals surface area contributed by atoms with Crippen molar-refractivity contribution in [2.45, 2.75) is 338 Å². The molecule has 0 aromatic carbocycles. The van der Waals surface area contributed by atoms with Crippen molar-refractivity contribution in [1.82, 2.24) is 5.32 Å². The zero-order valence-electron chi connectivity index (χ0n) is 52.2. The summed E-state index contributed by atoms with van der Waals surface area (Å²) in [5.74, 6) is -0.248. The van der Waals surface area contributed by atoms with Crippen LogP contribution in [0.25, 0.3) is 0 Å². The lowest BCUT2D eigenvalue weighted by atomic mass is 9.97. The predicted molar refractivity (Wildman–Crippen MR) is 337 cm³/mol. The zero-order valence-corrected chi connectivity index (χ0v) is 52.2. The Balaban J connectivity index is 1.61. The van der Waals surface area contributed by atoms with Gasteiger partial charge in [0.15, 0.2) is 12.6 Å². The number of unbranched alkanes of at least 4 members (excludes halogenated alkanes) is 31. The minimum absolute atomic E-state index is 0.248. The molecule has 2 aliphatic heterocycles. The van der Waals surface area contributed by atoms with Gasteiger partial charge in [-0.05, 0) is 70.6 Å². The molecule has 2 aliphatic rings. The Morgan fingerprint density at radius 2 is 0.843 bits per heavy atom. The van der Waals surface area contributed by atoms with Crippen molar-refractivity contribution in [3.8, 4) is 0 Å².